The van der Waals surface area contributed by atoms with Crippen molar-refractivity contribution in [1.29, 1.82) is 0 Å². The van der Waals surface area contributed by atoms with E-state index in [0.717, 1.165) is 51.0 Å². The van der Waals surface area contributed by atoms with Crippen LogP contribution in [0.25, 0.3) is 0 Å². The second-order valence-electron chi connectivity index (χ2n) is 7.76. The lowest BCUT2D eigenvalue weighted by Gasteiger charge is -2.34. The van der Waals surface area contributed by atoms with E-state index in [9.17, 15) is 0 Å². The number of guanidine groups is 1. The van der Waals surface area contributed by atoms with Gasteiger partial charge in [-0.25, -0.2) is 9.98 Å². The van der Waals surface area contributed by atoms with Gasteiger partial charge in [0.05, 0.1) is 6.54 Å². The molecule has 7 heteroatoms. The highest BCUT2D eigenvalue weighted by Gasteiger charge is 2.17. The molecular weight excluding hydrogens is 487 g/mol. The van der Waals surface area contributed by atoms with E-state index in [2.05, 4.69) is 77.5 Å². The Morgan fingerprint density at radius 2 is 1.83 bits per heavy atom. The monoisotopic (exact) mass is 522 g/mol. The fraction of sp³-hybridized carbons (Fsp3) is 0.478. The molecule has 0 radical (unpaired) electrons. The van der Waals surface area contributed by atoms with E-state index < -0.39 is 0 Å². The number of piperazine rings is 1. The normalized spacial score (nSPS) is 14.9. The minimum atomic E-state index is 0. The van der Waals surface area contributed by atoms with Gasteiger partial charge in [0.25, 0.3) is 0 Å². The molecule has 0 aliphatic carbocycles. The van der Waals surface area contributed by atoms with E-state index in [0.29, 0.717) is 6.54 Å². The van der Waals surface area contributed by atoms with Crippen LogP contribution in [0.15, 0.2) is 41.5 Å². The molecule has 1 aliphatic rings. The zero-order valence-corrected chi connectivity index (χ0v) is 20.9. The van der Waals surface area contributed by atoms with E-state index in [1.807, 2.05) is 12.3 Å². The molecule has 0 spiro atoms. The Morgan fingerprint density at radius 1 is 1.07 bits per heavy atom. The van der Waals surface area contributed by atoms with Crippen LogP contribution in [-0.4, -0.2) is 55.6 Å². The first-order chi connectivity index (χ1) is 14.1. The summed E-state index contributed by atoms with van der Waals surface area (Å²) in [5.41, 5.74) is 5.05. The van der Waals surface area contributed by atoms with Crippen molar-refractivity contribution in [3.05, 3.63) is 58.8 Å². The Balaban J connectivity index is 0.00000320. The molecule has 1 saturated heterocycles. The Morgan fingerprint density at radius 3 is 2.53 bits per heavy atom. The number of nitrogens with one attached hydrogen (secondary N) is 2. The number of anilines is 1. The van der Waals surface area contributed by atoms with Crippen LogP contribution in [0.4, 0.5) is 5.82 Å². The molecule has 1 fully saturated rings. The maximum atomic E-state index is 4.83. The summed E-state index contributed by atoms with van der Waals surface area (Å²) in [5.74, 6) is 1.90. The Hall–Kier alpha value is -1.87. The second-order valence-corrected chi connectivity index (χ2v) is 7.76. The van der Waals surface area contributed by atoms with Crippen LogP contribution < -0.4 is 15.5 Å². The number of rotatable bonds is 6. The second kappa shape index (κ2) is 12.1. The van der Waals surface area contributed by atoms with Gasteiger partial charge in [0, 0.05) is 51.0 Å². The standard InChI is InChI=1S/C23H34N6.HI/c1-5-24-23(26-16-20-9-8-18(2)15-19(20)3)27-17-21-7-6-10-25-22(21)29-13-11-28(4)12-14-29;/h6-10,15H,5,11-14,16-17H2,1-4H3,(H2,24,26,27);1H. The molecule has 0 saturated carbocycles. The van der Waals surface area contributed by atoms with Crippen LogP contribution in [0.3, 0.4) is 0 Å². The van der Waals surface area contributed by atoms with Crippen LogP contribution in [0, 0.1) is 13.8 Å². The Labute approximate surface area is 198 Å². The molecule has 1 aromatic heterocycles. The number of nitrogens with zero attached hydrogens (tertiary/aromatic N) is 4. The first kappa shape index (κ1) is 24.4. The van der Waals surface area contributed by atoms with Crippen molar-refractivity contribution in [2.75, 3.05) is 44.7 Å². The van der Waals surface area contributed by atoms with Crippen molar-refractivity contribution in [3.8, 4) is 0 Å². The largest absolute Gasteiger partial charge is 0.357 e. The number of aliphatic imine (C=N–C) groups is 1. The zero-order valence-electron chi connectivity index (χ0n) is 18.6. The summed E-state index contributed by atoms with van der Waals surface area (Å²) in [4.78, 5) is 14.2. The van der Waals surface area contributed by atoms with Gasteiger partial charge in [0.1, 0.15) is 5.82 Å². The molecule has 3 rings (SSSR count). The molecular formula is C23H35IN6. The first-order valence-electron chi connectivity index (χ1n) is 10.5. The third-order valence-corrected chi connectivity index (χ3v) is 5.37. The molecule has 0 unspecified atom stereocenters. The van der Waals surface area contributed by atoms with Gasteiger partial charge in [-0.1, -0.05) is 29.8 Å². The van der Waals surface area contributed by atoms with Gasteiger partial charge in [-0.05, 0) is 45.0 Å². The molecule has 30 heavy (non-hydrogen) atoms. The molecule has 164 valence electrons. The average Bonchev–Trinajstić information content (AvgIpc) is 2.72. The highest BCUT2D eigenvalue weighted by atomic mass is 127. The molecule has 0 bridgehead atoms. The number of hydrogen-bond donors (Lipinski definition) is 2. The van der Waals surface area contributed by atoms with Gasteiger partial charge >= 0.3 is 0 Å². The van der Waals surface area contributed by atoms with Crippen LogP contribution in [0.5, 0.6) is 0 Å². The maximum Gasteiger partial charge on any atom is 0.191 e. The summed E-state index contributed by atoms with van der Waals surface area (Å²) in [7, 11) is 2.17. The van der Waals surface area contributed by atoms with Gasteiger partial charge < -0.3 is 20.4 Å². The third kappa shape index (κ3) is 6.84. The molecule has 1 aromatic carbocycles. The Bertz CT molecular complexity index is 830. The minimum absolute atomic E-state index is 0. The van der Waals surface area contributed by atoms with E-state index in [4.69, 9.17) is 4.99 Å². The lowest BCUT2D eigenvalue weighted by Crippen LogP contribution is -2.45. The molecule has 2 N–H and O–H groups in total. The summed E-state index contributed by atoms with van der Waals surface area (Å²) in [6.07, 6.45) is 1.88. The van der Waals surface area contributed by atoms with Crippen molar-refractivity contribution in [1.82, 2.24) is 20.5 Å². The number of halogens is 1. The fourth-order valence-electron chi connectivity index (χ4n) is 3.59. The summed E-state index contributed by atoms with van der Waals surface area (Å²) in [5, 5.41) is 6.83. The van der Waals surface area contributed by atoms with Crippen LogP contribution >= 0.6 is 24.0 Å². The smallest absolute Gasteiger partial charge is 0.191 e. The Kier molecular flexibility index (Phi) is 9.84. The molecule has 2 aromatic rings. The van der Waals surface area contributed by atoms with Crippen molar-refractivity contribution in [2.24, 2.45) is 4.99 Å². The van der Waals surface area contributed by atoms with Gasteiger partial charge in [-0.15, -0.1) is 24.0 Å². The van der Waals surface area contributed by atoms with Gasteiger partial charge in [-0.3, -0.25) is 0 Å². The van der Waals surface area contributed by atoms with Crippen LogP contribution in [-0.2, 0) is 13.1 Å². The topological polar surface area (TPSA) is 55.8 Å². The third-order valence-electron chi connectivity index (χ3n) is 5.37. The van der Waals surface area contributed by atoms with E-state index >= 15 is 0 Å². The van der Waals surface area contributed by atoms with Gasteiger partial charge in [0.2, 0.25) is 0 Å². The number of aryl methyl sites for hydroxylation is 2. The molecule has 0 amide bonds. The molecule has 0 atom stereocenters. The molecule has 6 nitrogen and oxygen atoms in total. The summed E-state index contributed by atoms with van der Waals surface area (Å²) in [6.45, 7) is 12.7. The van der Waals surface area contributed by atoms with Crippen molar-refractivity contribution >= 4 is 35.8 Å². The quantitative estimate of drug-likeness (QED) is 0.347. The average molecular weight is 522 g/mol. The maximum absolute atomic E-state index is 4.83. The number of pyridine rings is 1. The molecule has 1 aliphatic heterocycles. The van der Waals surface area contributed by atoms with Crippen molar-refractivity contribution in [2.45, 2.75) is 33.9 Å². The summed E-state index contributed by atoms with van der Waals surface area (Å²) >= 11 is 0. The number of likely N-dealkylation sites (N-methyl/N-ethyl adjacent to an activating group) is 1. The predicted molar refractivity (Wildman–Crippen MR) is 137 cm³/mol. The molecule has 2 heterocycles. The number of benzene rings is 1. The van der Waals surface area contributed by atoms with Crippen molar-refractivity contribution < 1.29 is 0 Å². The highest BCUT2D eigenvalue weighted by molar-refractivity contribution is 14.0. The predicted octanol–water partition coefficient (Wildman–Crippen LogP) is 3.32. The SMILES string of the molecule is CCNC(=NCc1cccnc1N1CCN(C)CC1)NCc1ccc(C)cc1C.I. The number of hydrogen-bond acceptors (Lipinski definition) is 4. The van der Waals surface area contributed by atoms with Crippen molar-refractivity contribution in [3.63, 3.8) is 0 Å². The van der Waals surface area contributed by atoms with Crippen LogP contribution in [0.1, 0.15) is 29.2 Å². The minimum Gasteiger partial charge on any atom is -0.357 e. The fourth-order valence-corrected chi connectivity index (χ4v) is 3.59. The van der Waals surface area contributed by atoms with Gasteiger partial charge in [0.15, 0.2) is 5.96 Å². The van der Waals surface area contributed by atoms with E-state index in [-0.39, 0.29) is 24.0 Å². The highest BCUT2D eigenvalue weighted by Crippen LogP contribution is 2.19. The van der Waals surface area contributed by atoms with Crippen LogP contribution in [0.2, 0.25) is 0 Å². The van der Waals surface area contributed by atoms with E-state index in [1.54, 1.807) is 0 Å². The number of aromatic nitrogens is 1. The summed E-state index contributed by atoms with van der Waals surface area (Å²) < 4.78 is 0. The zero-order chi connectivity index (χ0) is 20.6. The van der Waals surface area contributed by atoms with E-state index in [1.165, 1.54) is 22.3 Å². The summed E-state index contributed by atoms with van der Waals surface area (Å²) in [6, 6.07) is 10.7. The van der Waals surface area contributed by atoms with Gasteiger partial charge in [-0.2, -0.15) is 0 Å². The lowest BCUT2D eigenvalue weighted by molar-refractivity contribution is 0.312. The first-order valence-corrected chi connectivity index (χ1v) is 10.5. The lowest BCUT2D eigenvalue weighted by atomic mass is 10.1.